The number of aromatic nitrogens is 1. The predicted molar refractivity (Wildman–Crippen MR) is 144 cm³/mol. The third-order valence-electron chi connectivity index (χ3n) is 6.36. The predicted octanol–water partition coefficient (Wildman–Crippen LogP) is 6.51. The zero-order valence-electron chi connectivity index (χ0n) is 20.9. The second kappa shape index (κ2) is 14.0. The third-order valence-corrected chi connectivity index (χ3v) is 7.48. The van der Waals surface area contributed by atoms with Crippen LogP contribution in [0.25, 0.3) is 11.1 Å². The standard InChI is InChI=1S/C29H31NO4S.ClH.Pt/c1-21-14-15-22(20-30-21)10-6-3-4-9-13-26-27(24-16-18-25(19-17-24)35(2,32)33)28(29(31)34-26)23-11-7-5-8-12-23;;/h5,7-8,11-12,14-20,26H,3-4,6,9-10,13H2,1-2H3;1H;/q;;+1/p-1. The van der Waals surface area contributed by atoms with Crippen molar-refractivity contribution in [3.8, 4) is 0 Å². The van der Waals surface area contributed by atoms with Gasteiger partial charge in [-0.15, -0.1) is 0 Å². The van der Waals surface area contributed by atoms with Gasteiger partial charge >= 0.3 is 34.2 Å². The number of hydrogen-bond acceptors (Lipinski definition) is 5. The fourth-order valence-electron chi connectivity index (χ4n) is 4.47. The minimum atomic E-state index is -3.30. The van der Waals surface area contributed by atoms with Crippen molar-refractivity contribution in [2.45, 2.75) is 56.4 Å². The molecule has 199 valence electrons. The molecule has 1 unspecified atom stereocenters. The summed E-state index contributed by atoms with van der Waals surface area (Å²) in [5.74, 6) is -0.324. The van der Waals surface area contributed by atoms with Crippen LogP contribution in [0.15, 0.2) is 77.8 Å². The van der Waals surface area contributed by atoms with Gasteiger partial charge in [0.05, 0.1) is 10.5 Å². The number of esters is 1. The number of halogens is 1. The monoisotopic (exact) mass is 719 g/mol. The summed E-state index contributed by atoms with van der Waals surface area (Å²) < 4.78 is 29.7. The van der Waals surface area contributed by atoms with Crippen LogP contribution >= 0.6 is 9.42 Å². The number of ether oxygens (including phenoxy) is 1. The first kappa shape index (κ1) is 29.3. The van der Waals surface area contributed by atoms with Crippen LogP contribution in [0.1, 0.15) is 54.5 Å². The zero-order valence-corrected chi connectivity index (χ0v) is 24.8. The van der Waals surface area contributed by atoms with Gasteiger partial charge in [-0.1, -0.05) is 61.4 Å². The molecule has 0 N–H and O–H groups in total. The Hall–Kier alpha value is -2.27. The van der Waals surface area contributed by atoms with E-state index in [9.17, 15) is 13.2 Å². The van der Waals surface area contributed by atoms with Crippen LogP contribution in [0.4, 0.5) is 0 Å². The van der Waals surface area contributed by atoms with E-state index >= 15 is 0 Å². The Kier molecular flexibility index (Phi) is 11.1. The first-order valence-electron chi connectivity index (χ1n) is 12.2. The molecule has 0 radical (unpaired) electrons. The van der Waals surface area contributed by atoms with Gasteiger partial charge in [0.1, 0.15) is 6.10 Å². The molecule has 0 fully saturated rings. The number of carbonyl (C=O) groups excluding carboxylic acids is 1. The summed E-state index contributed by atoms with van der Waals surface area (Å²) in [5.41, 5.74) is 5.33. The molecule has 1 aliphatic rings. The average molecular weight is 720 g/mol. The van der Waals surface area contributed by atoms with Crippen molar-refractivity contribution in [2.75, 3.05) is 6.26 Å². The fraction of sp³-hybridized carbons (Fsp3) is 0.310. The Bertz CT molecular complexity index is 1310. The van der Waals surface area contributed by atoms with Gasteiger partial charge in [-0.3, -0.25) is 4.98 Å². The van der Waals surface area contributed by atoms with Crippen LogP contribution in [0.2, 0.25) is 0 Å². The summed E-state index contributed by atoms with van der Waals surface area (Å²) in [7, 11) is 1.31. The van der Waals surface area contributed by atoms with Gasteiger partial charge in [0.2, 0.25) is 0 Å². The molecule has 0 bridgehead atoms. The van der Waals surface area contributed by atoms with Crippen molar-refractivity contribution in [3.05, 3.63) is 95.3 Å². The SMILES string of the molecule is Cc1ccc(CCCCCCC2OC(=O)C(c3ccccc3)=C2c2ccc(S(C)(=O)=O)cc2)cn1.[Cl][Pt]. The van der Waals surface area contributed by atoms with Gasteiger partial charge in [0.25, 0.3) is 0 Å². The molecule has 0 amide bonds. The van der Waals surface area contributed by atoms with Crippen LogP contribution in [0.5, 0.6) is 0 Å². The van der Waals surface area contributed by atoms with E-state index in [0.717, 1.165) is 60.9 Å². The molecular formula is C29H31ClNO4PtS. The topological polar surface area (TPSA) is 73.3 Å². The number of sulfone groups is 1. The Morgan fingerprint density at radius 2 is 1.57 bits per heavy atom. The summed E-state index contributed by atoms with van der Waals surface area (Å²) in [6.45, 7) is 1.99. The van der Waals surface area contributed by atoms with E-state index in [1.165, 1.54) is 11.8 Å². The van der Waals surface area contributed by atoms with Crippen molar-refractivity contribution in [2.24, 2.45) is 0 Å². The normalized spacial score (nSPS) is 15.3. The molecule has 1 aliphatic heterocycles. The van der Waals surface area contributed by atoms with E-state index < -0.39 is 9.84 Å². The molecule has 1 atom stereocenters. The van der Waals surface area contributed by atoms with Gasteiger partial charge in [-0.25, -0.2) is 13.2 Å². The summed E-state index contributed by atoms with van der Waals surface area (Å²) in [6, 6.07) is 20.5. The molecule has 5 nitrogen and oxygen atoms in total. The van der Waals surface area contributed by atoms with Gasteiger partial charge < -0.3 is 4.74 Å². The molecule has 0 saturated carbocycles. The van der Waals surface area contributed by atoms with E-state index in [2.05, 4.69) is 20.5 Å². The number of nitrogens with zero attached hydrogens (tertiary/aromatic N) is 1. The Labute approximate surface area is 235 Å². The Balaban J connectivity index is 0.00000186. The van der Waals surface area contributed by atoms with Crippen molar-refractivity contribution >= 4 is 36.4 Å². The molecule has 8 heteroatoms. The van der Waals surface area contributed by atoms with E-state index in [0.29, 0.717) is 5.57 Å². The van der Waals surface area contributed by atoms with Crippen molar-refractivity contribution in [1.29, 1.82) is 0 Å². The van der Waals surface area contributed by atoms with Crippen LogP contribution in [-0.2, 0) is 44.6 Å². The number of unbranched alkanes of at least 4 members (excludes halogenated alkanes) is 3. The number of carbonyl (C=O) groups is 1. The average Bonchev–Trinajstić information content (AvgIpc) is 3.24. The van der Waals surface area contributed by atoms with E-state index in [4.69, 9.17) is 4.74 Å². The number of aryl methyl sites for hydroxylation is 2. The molecule has 2 heterocycles. The summed E-state index contributed by atoms with van der Waals surface area (Å²) in [5, 5.41) is 0. The molecular weight excluding hydrogens is 689 g/mol. The molecule has 0 saturated heterocycles. The number of hydrogen-bond donors (Lipinski definition) is 0. The van der Waals surface area contributed by atoms with Gasteiger partial charge in [0, 0.05) is 23.7 Å². The summed E-state index contributed by atoms with van der Waals surface area (Å²) in [6.07, 6.45) is 8.73. The Morgan fingerprint density at radius 3 is 2.19 bits per heavy atom. The first-order chi connectivity index (χ1) is 17.8. The second-order valence-corrected chi connectivity index (χ2v) is 11.1. The second-order valence-electron chi connectivity index (χ2n) is 9.11. The number of cyclic esters (lactones) is 1. The van der Waals surface area contributed by atoms with Crippen LogP contribution in [0, 0.1) is 6.92 Å². The van der Waals surface area contributed by atoms with Gasteiger partial charge in [0.15, 0.2) is 9.84 Å². The van der Waals surface area contributed by atoms with E-state index in [1.54, 1.807) is 43.0 Å². The molecule has 0 aliphatic carbocycles. The number of rotatable bonds is 10. The fourth-order valence-corrected chi connectivity index (χ4v) is 5.10. The molecule has 0 spiro atoms. The molecule has 4 rings (SSSR count). The van der Waals surface area contributed by atoms with Crippen LogP contribution < -0.4 is 0 Å². The molecule has 3 aromatic rings. The zero-order chi connectivity index (χ0) is 26.8. The Morgan fingerprint density at radius 1 is 0.892 bits per heavy atom. The van der Waals surface area contributed by atoms with E-state index in [1.807, 2.05) is 49.5 Å². The van der Waals surface area contributed by atoms with Crippen LogP contribution in [0.3, 0.4) is 0 Å². The third kappa shape index (κ3) is 8.10. The minimum absolute atomic E-state index is 0.258. The number of pyridine rings is 1. The maximum absolute atomic E-state index is 12.9. The van der Waals surface area contributed by atoms with Gasteiger partial charge in [-0.2, -0.15) is 0 Å². The van der Waals surface area contributed by atoms with Gasteiger partial charge in [-0.05, 0) is 67.5 Å². The quantitative estimate of drug-likeness (QED) is 0.177. The van der Waals surface area contributed by atoms with E-state index in [-0.39, 0.29) is 17.0 Å². The van der Waals surface area contributed by atoms with Crippen molar-refractivity contribution in [3.63, 3.8) is 0 Å². The number of benzene rings is 2. The van der Waals surface area contributed by atoms with Crippen molar-refractivity contribution in [1.82, 2.24) is 4.98 Å². The summed E-state index contributed by atoms with van der Waals surface area (Å²) >= 11 is 1.61. The van der Waals surface area contributed by atoms with Crippen molar-refractivity contribution < 1.29 is 36.7 Å². The van der Waals surface area contributed by atoms with Crippen LogP contribution in [-0.4, -0.2) is 31.7 Å². The molecule has 37 heavy (non-hydrogen) atoms. The maximum atomic E-state index is 12.9. The molecule has 1 aromatic heterocycles. The first-order valence-corrected chi connectivity index (χ1v) is 16.9. The molecule has 2 aromatic carbocycles. The summed E-state index contributed by atoms with van der Waals surface area (Å²) in [4.78, 5) is 17.5.